The molecule has 0 radical (unpaired) electrons. The molecule has 2 amide bonds. The zero-order valence-electron chi connectivity index (χ0n) is 20.3. The van der Waals surface area contributed by atoms with Crippen LogP contribution in [0.3, 0.4) is 0 Å². The maximum atomic E-state index is 12.8. The SMILES string of the molecule is CCC(=O)N1CCc2ccc(O[C@@H](C)C(=O)Nc3cccc(C)c3)cc2[C@H]1c1ccc(C)cc1. The van der Waals surface area contributed by atoms with E-state index in [0.717, 1.165) is 28.8 Å². The van der Waals surface area contributed by atoms with E-state index in [1.807, 2.05) is 55.1 Å². The van der Waals surface area contributed by atoms with Crippen LogP contribution in [0.4, 0.5) is 5.69 Å². The summed E-state index contributed by atoms with van der Waals surface area (Å²) in [4.78, 5) is 27.5. The van der Waals surface area contributed by atoms with E-state index in [1.165, 1.54) is 11.1 Å². The van der Waals surface area contributed by atoms with Gasteiger partial charge in [0, 0.05) is 18.7 Å². The molecule has 1 heterocycles. The quantitative estimate of drug-likeness (QED) is 0.526. The maximum absolute atomic E-state index is 12.8. The van der Waals surface area contributed by atoms with Gasteiger partial charge in [-0.15, -0.1) is 0 Å². The Morgan fingerprint density at radius 3 is 2.50 bits per heavy atom. The second-order valence-electron chi connectivity index (χ2n) is 8.98. The number of rotatable bonds is 6. The number of benzene rings is 3. The van der Waals surface area contributed by atoms with Gasteiger partial charge >= 0.3 is 0 Å². The zero-order valence-corrected chi connectivity index (χ0v) is 20.3. The predicted octanol–water partition coefficient (Wildman–Crippen LogP) is 5.59. The van der Waals surface area contributed by atoms with Crippen LogP contribution in [-0.4, -0.2) is 29.4 Å². The fraction of sp³-hybridized carbons (Fsp3) is 0.310. The third-order valence-corrected chi connectivity index (χ3v) is 6.33. The number of ether oxygens (including phenoxy) is 1. The minimum atomic E-state index is -0.673. The second-order valence-corrected chi connectivity index (χ2v) is 8.98. The maximum Gasteiger partial charge on any atom is 0.265 e. The highest BCUT2D eigenvalue weighted by atomic mass is 16.5. The van der Waals surface area contributed by atoms with E-state index in [4.69, 9.17) is 4.74 Å². The zero-order chi connectivity index (χ0) is 24.2. The molecule has 0 saturated heterocycles. The average molecular weight is 457 g/mol. The Balaban J connectivity index is 1.60. The van der Waals surface area contributed by atoms with E-state index < -0.39 is 6.10 Å². The van der Waals surface area contributed by atoms with E-state index in [-0.39, 0.29) is 17.9 Å². The van der Waals surface area contributed by atoms with Gasteiger partial charge in [0.1, 0.15) is 5.75 Å². The number of carbonyl (C=O) groups is 2. The standard InChI is InChI=1S/C29H32N2O3/c1-5-27(32)31-16-15-22-13-14-25(18-26(22)28(31)23-11-9-19(2)10-12-23)34-21(4)29(33)30-24-8-6-7-20(3)17-24/h6-14,17-18,21,28H,5,15-16H2,1-4H3,(H,30,33)/t21-,28+/m0/s1. The van der Waals surface area contributed by atoms with Crippen LogP contribution < -0.4 is 10.1 Å². The van der Waals surface area contributed by atoms with E-state index in [1.54, 1.807) is 6.92 Å². The van der Waals surface area contributed by atoms with Gasteiger partial charge in [-0.2, -0.15) is 0 Å². The molecule has 0 aliphatic carbocycles. The highest BCUT2D eigenvalue weighted by Crippen LogP contribution is 2.37. The lowest BCUT2D eigenvalue weighted by Gasteiger charge is -2.38. The lowest BCUT2D eigenvalue weighted by atomic mass is 9.87. The van der Waals surface area contributed by atoms with Crippen molar-refractivity contribution in [2.75, 3.05) is 11.9 Å². The van der Waals surface area contributed by atoms with Gasteiger partial charge in [0.15, 0.2) is 6.10 Å². The number of hydrogen-bond donors (Lipinski definition) is 1. The summed E-state index contributed by atoms with van der Waals surface area (Å²) in [5.41, 5.74) is 6.35. The Morgan fingerprint density at radius 1 is 1.03 bits per heavy atom. The fourth-order valence-electron chi connectivity index (χ4n) is 4.47. The molecule has 3 aromatic carbocycles. The Labute approximate surface area is 201 Å². The Kier molecular flexibility index (Phi) is 7.01. The van der Waals surface area contributed by atoms with Crippen LogP contribution in [0, 0.1) is 13.8 Å². The Bertz CT molecular complexity index is 1190. The van der Waals surface area contributed by atoms with E-state index in [9.17, 15) is 9.59 Å². The topological polar surface area (TPSA) is 58.6 Å². The summed E-state index contributed by atoms with van der Waals surface area (Å²) in [6, 6.07) is 21.8. The normalized spacial score (nSPS) is 15.9. The van der Waals surface area contributed by atoms with Crippen molar-refractivity contribution in [1.82, 2.24) is 4.90 Å². The van der Waals surface area contributed by atoms with Gasteiger partial charge in [-0.3, -0.25) is 9.59 Å². The molecule has 4 rings (SSSR count). The summed E-state index contributed by atoms with van der Waals surface area (Å²) in [7, 11) is 0. The molecule has 1 aliphatic rings. The first kappa shape index (κ1) is 23.6. The lowest BCUT2D eigenvalue weighted by Crippen LogP contribution is -2.40. The van der Waals surface area contributed by atoms with E-state index >= 15 is 0 Å². The third-order valence-electron chi connectivity index (χ3n) is 6.33. The van der Waals surface area contributed by atoms with Gasteiger partial charge in [-0.05, 0) is 73.7 Å². The van der Waals surface area contributed by atoms with Crippen LogP contribution in [0.1, 0.15) is 54.1 Å². The van der Waals surface area contributed by atoms with Crippen LogP contribution in [0.15, 0.2) is 66.7 Å². The van der Waals surface area contributed by atoms with Gasteiger partial charge in [-0.25, -0.2) is 0 Å². The molecule has 1 N–H and O–H groups in total. The second kappa shape index (κ2) is 10.1. The predicted molar refractivity (Wildman–Crippen MR) is 135 cm³/mol. The van der Waals surface area contributed by atoms with Crippen molar-refractivity contribution in [3.05, 3.63) is 94.5 Å². The smallest absolute Gasteiger partial charge is 0.265 e. The molecule has 0 fully saturated rings. The van der Waals surface area contributed by atoms with Crippen molar-refractivity contribution in [2.24, 2.45) is 0 Å². The number of nitrogens with zero attached hydrogens (tertiary/aromatic N) is 1. The fourth-order valence-corrected chi connectivity index (χ4v) is 4.47. The summed E-state index contributed by atoms with van der Waals surface area (Å²) in [6.07, 6.45) is 0.588. The van der Waals surface area contributed by atoms with Gasteiger partial charge in [0.2, 0.25) is 5.91 Å². The largest absolute Gasteiger partial charge is 0.481 e. The van der Waals surface area contributed by atoms with Crippen LogP contribution in [0.25, 0.3) is 0 Å². The average Bonchev–Trinajstić information content (AvgIpc) is 2.83. The number of nitrogens with one attached hydrogen (secondary N) is 1. The number of amides is 2. The molecule has 2 atom stereocenters. The van der Waals surface area contributed by atoms with Crippen molar-refractivity contribution in [1.29, 1.82) is 0 Å². The highest BCUT2D eigenvalue weighted by Gasteiger charge is 2.32. The summed E-state index contributed by atoms with van der Waals surface area (Å²) in [5.74, 6) is 0.545. The number of hydrogen-bond acceptors (Lipinski definition) is 3. The van der Waals surface area contributed by atoms with Gasteiger partial charge in [-0.1, -0.05) is 55.0 Å². The molecule has 0 spiro atoms. The first-order valence-electron chi connectivity index (χ1n) is 11.9. The first-order valence-corrected chi connectivity index (χ1v) is 11.9. The lowest BCUT2D eigenvalue weighted by molar-refractivity contribution is -0.133. The number of anilines is 1. The molecule has 0 saturated carbocycles. The third kappa shape index (κ3) is 5.14. The minimum Gasteiger partial charge on any atom is -0.481 e. The summed E-state index contributed by atoms with van der Waals surface area (Å²) < 4.78 is 6.05. The molecule has 0 bridgehead atoms. The molecule has 3 aromatic rings. The van der Waals surface area contributed by atoms with Crippen LogP contribution in [0.2, 0.25) is 0 Å². The molecule has 5 nitrogen and oxygen atoms in total. The van der Waals surface area contributed by atoms with Gasteiger partial charge < -0.3 is 15.0 Å². The number of aryl methyl sites for hydroxylation is 2. The Hall–Kier alpha value is -3.60. The summed E-state index contributed by atoms with van der Waals surface area (Å²) in [5, 5.41) is 2.92. The molecule has 1 aliphatic heterocycles. The number of carbonyl (C=O) groups excluding carboxylic acids is 2. The monoisotopic (exact) mass is 456 g/mol. The van der Waals surface area contributed by atoms with E-state index in [0.29, 0.717) is 18.7 Å². The van der Waals surface area contributed by atoms with Crippen molar-refractivity contribution < 1.29 is 14.3 Å². The molecule has 5 heteroatoms. The van der Waals surface area contributed by atoms with Crippen molar-refractivity contribution in [3.8, 4) is 5.75 Å². The van der Waals surface area contributed by atoms with Crippen LogP contribution >= 0.6 is 0 Å². The summed E-state index contributed by atoms with van der Waals surface area (Å²) >= 11 is 0. The molecule has 176 valence electrons. The van der Waals surface area contributed by atoms with Crippen LogP contribution in [-0.2, 0) is 16.0 Å². The Morgan fingerprint density at radius 2 is 1.79 bits per heavy atom. The van der Waals surface area contributed by atoms with Crippen LogP contribution in [0.5, 0.6) is 5.75 Å². The van der Waals surface area contributed by atoms with Gasteiger partial charge in [0.25, 0.3) is 5.91 Å². The van der Waals surface area contributed by atoms with Crippen molar-refractivity contribution >= 4 is 17.5 Å². The summed E-state index contributed by atoms with van der Waals surface area (Å²) in [6.45, 7) is 8.38. The minimum absolute atomic E-state index is 0.133. The molecule has 0 aromatic heterocycles. The van der Waals surface area contributed by atoms with Crippen molar-refractivity contribution in [3.63, 3.8) is 0 Å². The van der Waals surface area contributed by atoms with E-state index in [2.05, 4.69) is 42.6 Å². The van der Waals surface area contributed by atoms with Gasteiger partial charge in [0.05, 0.1) is 6.04 Å². The first-order chi connectivity index (χ1) is 16.4. The molecular formula is C29H32N2O3. The molecule has 34 heavy (non-hydrogen) atoms. The highest BCUT2D eigenvalue weighted by molar-refractivity contribution is 5.94. The molecule has 0 unspecified atom stereocenters. The molecular weight excluding hydrogens is 424 g/mol. The van der Waals surface area contributed by atoms with Crippen molar-refractivity contribution in [2.45, 2.75) is 52.7 Å². The number of fused-ring (bicyclic) bond motifs is 1.